The summed E-state index contributed by atoms with van der Waals surface area (Å²) in [4.78, 5) is 26.8. The number of hydrogen-bond acceptors (Lipinski definition) is 6. The molecular weight excluding hydrogens is 328 g/mol. The number of aliphatic hydroxyl groups is 1. The molecule has 0 saturated carbocycles. The Bertz CT molecular complexity index is 721. The number of amides is 2. The van der Waals surface area contributed by atoms with Crippen molar-refractivity contribution in [2.24, 2.45) is 0 Å². The minimum atomic E-state index is -0.796. The molecule has 1 aliphatic rings. The number of carbonyl (C=O) groups is 2. The highest BCUT2D eigenvalue weighted by molar-refractivity contribution is 8.15. The van der Waals surface area contributed by atoms with E-state index in [1.165, 1.54) is 0 Å². The lowest BCUT2D eigenvalue weighted by Gasteiger charge is -2.12. The number of rotatable bonds is 6. The van der Waals surface area contributed by atoms with Crippen LogP contribution < -0.4 is 10.1 Å². The first-order valence-electron chi connectivity index (χ1n) is 7.44. The number of aromatic nitrogens is 1. The highest BCUT2D eigenvalue weighted by Gasteiger charge is 2.31. The highest BCUT2D eigenvalue weighted by Crippen LogP contribution is 2.24. The molecule has 0 radical (unpaired) electrons. The Morgan fingerprint density at radius 1 is 1.21 bits per heavy atom. The van der Waals surface area contributed by atoms with Gasteiger partial charge in [0.25, 0.3) is 5.24 Å². The summed E-state index contributed by atoms with van der Waals surface area (Å²) < 4.78 is 5.56. The van der Waals surface area contributed by atoms with E-state index in [4.69, 9.17) is 4.74 Å². The van der Waals surface area contributed by atoms with Crippen molar-refractivity contribution in [1.29, 1.82) is 0 Å². The predicted octanol–water partition coefficient (Wildman–Crippen LogP) is 2.09. The lowest BCUT2D eigenvalue weighted by Crippen LogP contribution is -2.25. The molecule has 6 nitrogen and oxygen atoms in total. The molecule has 3 rings (SSSR count). The fraction of sp³-hybridized carbons (Fsp3) is 0.235. The Labute approximate surface area is 143 Å². The van der Waals surface area contributed by atoms with E-state index < -0.39 is 6.10 Å². The van der Waals surface area contributed by atoms with Crippen molar-refractivity contribution < 1.29 is 19.4 Å². The number of pyridine rings is 1. The fourth-order valence-corrected chi connectivity index (χ4v) is 3.16. The molecule has 2 unspecified atom stereocenters. The summed E-state index contributed by atoms with van der Waals surface area (Å²) in [5.41, 5.74) is 1.50. The highest BCUT2D eigenvalue weighted by atomic mass is 32.2. The first kappa shape index (κ1) is 16.5. The maximum atomic E-state index is 11.6. The zero-order chi connectivity index (χ0) is 16.9. The van der Waals surface area contributed by atoms with E-state index in [-0.39, 0.29) is 23.0 Å². The third kappa shape index (κ3) is 4.12. The molecule has 1 fully saturated rings. The summed E-state index contributed by atoms with van der Waals surface area (Å²) in [5, 5.41) is 11.6. The molecule has 0 spiro atoms. The third-order valence-corrected chi connectivity index (χ3v) is 4.53. The van der Waals surface area contributed by atoms with Crippen molar-refractivity contribution in [3.05, 3.63) is 59.9 Å². The second kappa shape index (κ2) is 7.46. The average molecular weight is 344 g/mol. The molecule has 0 bridgehead atoms. The van der Waals surface area contributed by atoms with Gasteiger partial charge in [0.2, 0.25) is 5.91 Å². The van der Waals surface area contributed by atoms with Crippen LogP contribution in [0.25, 0.3) is 0 Å². The average Bonchev–Trinajstić information content (AvgIpc) is 2.92. The lowest BCUT2D eigenvalue weighted by molar-refractivity contribution is -0.118. The molecule has 24 heavy (non-hydrogen) atoms. The molecule has 1 aliphatic heterocycles. The van der Waals surface area contributed by atoms with E-state index in [1.54, 1.807) is 30.5 Å². The van der Waals surface area contributed by atoms with Gasteiger partial charge >= 0.3 is 0 Å². The number of nitrogens with one attached hydrogen (secondary N) is 1. The molecule has 1 saturated heterocycles. The number of aliphatic hydroxyl groups excluding tert-OH is 1. The normalized spacial score (nSPS) is 18.3. The van der Waals surface area contributed by atoms with Crippen molar-refractivity contribution in [1.82, 2.24) is 10.3 Å². The summed E-state index contributed by atoms with van der Waals surface area (Å²) in [6.45, 7) is 0.103. The monoisotopic (exact) mass is 344 g/mol. The molecule has 1 aromatic heterocycles. The summed E-state index contributed by atoms with van der Waals surface area (Å²) in [7, 11) is 0. The zero-order valence-electron chi connectivity index (χ0n) is 12.7. The van der Waals surface area contributed by atoms with Gasteiger partial charge in [-0.3, -0.25) is 19.9 Å². The topological polar surface area (TPSA) is 88.5 Å². The third-order valence-electron chi connectivity index (χ3n) is 3.55. The first-order chi connectivity index (χ1) is 11.6. The lowest BCUT2D eigenvalue weighted by atomic mass is 10.1. The molecule has 124 valence electrons. The molecule has 0 aliphatic carbocycles. The standard InChI is InChI=1S/C17H16N2O4S/c20-14(13-3-1-2-8-18-13)10-23-12-6-4-11(5-7-12)9-15-16(21)19-17(22)24-15/h1-8,14-15,20H,9-10H2,(H,19,21,22). The Morgan fingerprint density at radius 3 is 2.62 bits per heavy atom. The Balaban J connectivity index is 1.53. The van der Waals surface area contributed by atoms with Crippen molar-refractivity contribution >= 4 is 22.9 Å². The van der Waals surface area contributed by atoms with Crippen LogP contribution >= 0.6 is 11.8 Å². The Morgan fingerprint density at radius 2 is 2.00 bits per heavy atom. The molecule has 2 atom stereocenters. The van der Waals surface area contributed by atoms with E-state index in [9.17, 15) is 14.7 Å². The summed E-state index contributed by atoms with van der Waals surface area (Å²) in [6, 6.07) is 12.6. The van der Waals surface area contributed by atoms with Gasteiger partial charge in [0.05, 0.1) is 10.9 Å². The van der Waals surface area contributed by atoms with E-state index >= 15 is 0 Å². The predicted molar refractivity (Wildman–Crippen MR) is 89.8 cm³/mol. The van der Waals surface area contributed by atoms with E-state index in [0.717, 1.165) is 17.3 Å². The van der Waals surface area contributed by atoms with Crippen LogP contribution in [0.5, 0.6) is 5.75 Å². The van der Waals surface area contributed by atoms with Gasteiger partial charge in [0, 0.05) is 6.20 Å². The minimum absolute atomic E-state index is 0.103. The van der Waals surface area contributed by atoms with Crippen molar-refractivity contribution in [3.63, 3.8) is 0 Å². The van der Waals surface area contributed by atoms with Gasteiger partial charge in [-0.25, -0.2) is 0 Å². The van der Waals surface area contributed by atoms with Crippen LogP contribution in [0, 0.1) is 0 Å². The molecule has 2 heterocycles. The molecule has 2 N–H and O–H groups in total. The second-order valence-electron chi connectivity index (χ2n) is 5.31. The Hall–Kier alpha value is -2.38. The number of imide groups is 1. The van der Waals surface area contributed by atoms with Gasteiger partial charge < -0.3 is 9.84 Å². The van der Waals surface area contributed by atoms with Crippen molar-refractivity contribution in [2.45, 2.75) is 17.8 Å². The fourth-order valence-electron chi connectivity index (χ4n) is 2.30. The maximum Gasteiger partial charge on any atom is 0.286 e. The summed E-state index contributed by atoms with van der Waals surface area (Å²) in [5.74, 6) is 0.372. The molecule has 1 aromatic carbocycles. The number of benzene rings is 1. The molecular formula is C17H16N2O4S. The van der Waals surface area contributed by atoms with Crippen LogP contribution in [0.15, 0.2) is 48.7 Å². The number of ether oxygens (including phenoxy) is 1. The van der Waals surface area contributed by atoms with Gasteiger partial charge in [-0.2, -0.15) is 0 Å². The largest absolute Gasteiger partial charge is 0.490 e. The number of hydrogen-bond donors (Lipinski definition) is 2. The van der Waals surface area contributed by atoms with Crippen LogP contribution in [0.3, 0.4) is 0 Å². The van der Waals surface area contributed by atoms with Gasteiger partial charge in [-0.15, -0.1) is 0 Å². The van der Waals surface area contributed by atoms with Gasteiger partial charge in [0.15, 0.2) is 0 Å². The quantitative estimate of drug-likeness (QED) is 0.834. The molecule has 7 heteroatoms. The second-order valence-corrected chi connectivity index (χ2v) is 6.49. The summed E-state index contributed by atoms with van der Waals surface area (Å²) in [6.07, 6.45) is 1.31. The number of carbonyl (C=O) groups excluding carboxylic acids is 2. The maximum absolute atomic E-state index is 11.6. The SMILES string of the molecule is O=C1NC(=O)C(Cc2ccc(OCC(O)c3ccccn3)cc2)S1. The van der Waals surface area contributed by atoms with Crippen LogP contribution in [0.2, 0.25) is 0 Å². The van der Waals surface area contributed by atoms with E-state index in [2.05, 4.69) is 10.3 Å². The van der Waals surface area contributed by atoms with Gasteiger partial charge in [-0.05, 0) is 36.2 Å². The van der Waals surface area contributed by atoms with Crippen LogP contribution in [-0.2, 0) is 11.2 Å². The van der Waals surface area contributed by atoms with Crippen LogP contribution in [0.1, 0.15) is 17.4 Å². The van der Waals surface area contributed by atoms with Gasteiger partial charge in [0.1, 0.15) is 18.5 Å². The first-order valence-corrected chi connectivity index (χ1v) is 8.32. The molecule has 2 aromatic rings. The van der Waals surface area contributed by atoms with Gasteiger partial charge in [-0.1, -0.05) is 30.0 Å². The zero-order valence-corrected chi connectivity index (χ0v) is 13.5. The van der Waals surface area contributed by atoms with E-state index in [1.807, 2.05) is 18.2 Å². The number of nitrogens with zero attached hydrogens (tertiary/aromatic N) is 1. The van der Waals surface area contributed by atoms with Crippen molar-refractivity contribution in [3.8, 4) is 5.75 Å². The smallest absolute Gasteiger partial charge is 0.286 e. The van der Waals surface area contributed by atoms with Crippen LogP contribution in [-0.4, -0.2) is 33.1 Å². The van der Waals surface area contributed by atoms with E-state index in [0.29, 0.717) is 17.9 Å². The summed E-state index contributed by atoms with van der Waals surface area (Å²) >= 11 is 1.01. The number of thioether (sulfide) groups is 1. The Kier molecular flexibility index (Phi) is 5.12. The van der Waals surface area contributed by atoms with Crippen molar-refractivity contribution in [2.75, 3.05) is 6.61 Å². The minimum Gasteiger partial charge on any atom is -0.490 e. The molecule has 2 amide bonds. The van der Waals surface area contributed by atoms with Crippen LogP contribution in [0.4, 0.5) is 4.79 Å².